The molecule has 2 aromatic carbocycles. The highest BCUT2D eigenvalue weighted by molar-refractivity contribution is 6.30. The van der Waals surface area contributed by atoms with Crippen LogP contribution >= 0.6 is 11.6 Å². The van der Waals surface area contributed by atoms with E-state index >= 15 is 0 Å². The minimum absolute atomic E-state index is 0.104. The van der Waals surface area contributed by atoms with Crippen LogP contribution in [-0.2, 0) is 10.3 Å². The second-order valence-electron chi connectivity index (χ2n) is 6.76. The summed E-state index contributed by atoms with van der Waals surface area (Å²) in [7, 11) is 0. The first-order valence-electron chi connectivity index (χ1n) is 8.66. The summed E-state index contributed by atoms with van der Waals surface area (Å²) in [5.41, 5.74) is 1.71. The average Bonchev–Trinajstić information content (AvgIpc) is 2.65. The van der Waals surface area contributed by atoms with E-state index in [0.29, 0.717) is 37.5 Å². The molecule has 26 heavy (non-hydrogen) atoms. The van der Waals surface area contributed by atoms with Gasteiger partial charge < -0.3 is 4.74 Å². The Morgan fingerprint density at radius 2 is 1.88 bits per heavy atom. The zero-order valence-electron chi connectivity index (χ0n) is 14.2. The van der Waals surface area contributed by atoms with Crippen LogP contribution in [0.4, 0.5) is 10.5 Å². The Hall–Kier alpha value is -2.37. The minimum atomic E-state index is -0.672. The van der Waals surface area contributed by atoms with E-state index in [2.05, 4.69) is 10.2 Å². The number of carbonyl (C=O) groups excluding carboxylic acids is 2. The maximum atomic E-state index is 12.4. The number of ketones is 1. The zero-order chi connectivity index (χ0) is 18.1. The fourth-order valence-corrected chi connectivity index (χ4v) is 3.90. The Bertz CT molecular complexity index is 845. The van der Waals surface area contributed by atoms with E-state index < -0.39 is 11.7 Å². The number of likely N-dealkylation sites (tertiary alicyclic amines) is 1. The van der Waals surface area contributed by atoms with Crippen molar-refractivity contribution in [1.82, 2.24) is 4.90 Å². The van der Waals surface area contributed by atoms with E-state index in [0.717, 1.165) is 16.8 Å². The third-order valence-corrected chi connectivity index (χ3v) is 5.36. The summed E-state index contributed by atoms with van der Waals surface area (Å²) in [5.74, 6) is 0.104. The van der Waals surface area contributed by atoms with Gasteiger partial charge in [-0.25, -0.2) is 4.79 Å². The maximum absolute atomic E-state index is 12.4. The molecule has 4 rings (SSSR count). The van der Waals surface area contributed by atoms with Crippen molar-refractivity contribution >= 4 is 29.2 Å². The Morgan fingerprint density at radius 1 is 1.15 bits per heavy atom. The summed E-state index contributed by atoms with van der Waals surface area (Å²) in [6.45, 7) is 1.73. The van der Waals surface area contributed by atoms with Gasteiger partial charge in [0.2, 0.25) is 0 Å². The fraction of sp³-hybridized carbons (Fsp3) is 0.300. The molecule has 1 fully saturated rings. The molecule has 0 aromatic heterocycles. The third kappa shape index (κ3) is 3.20. The Balaban J connectivity index is 1.49. The maximum Gasteiger partial charge on any atom is 0.412 e. The molecule has 5 nitrogen and oxygen atoms in total. The average molecular weight is 371 g/mol. The number of carbonyl (C=O) groups is 2. The van der Waals surface area contributed by atoms with Gasteiger partial charge in [0, 0.05) is 42.1 Å². The summed E-state index contributed by atoms with van der Waals surface area (Å²) in [6, 6.07) is 14.7. The summed E-state index contributed by atoms with van der Waals surface area (Å²) in [4.78, 5) is 26.5. The first-order chi connectivity index (χ1) is 12.6. The molecule has 0 radical (unpaired) electrons. The molecule has 1 amide bonds. The number of Topliss-reactive ketones (excluding diaryl/α,β-unsaturated/α-hetero) is 1. The fourth-order valence-electron chi connectivity index (χ4n) is 3.73. The van der Waals surface area contributed by atoms with Crippen molar-refractivity contribution < 1.29 is 14.3 Å². The lowest BCUT2D eigenvalue weighted by atomic mass is 9.82. The lowest BCUT2D eigenvalue weighted by Gasteiger charge is -2.44. The van der Waals surface area contributed by atoms with Gasteiger partial charge >= 0.3 is 6.09 Å². The van der Waals surface area contributed by atoms with Gasteiger partial charge in [0.15, 0.2) is 5.78 Å². The smallest absolute Gasteiger partial charge is 0.412 e. The standard InChI is InChI=1S/C20H19ClN2O3/c21-15-6-7-17-16(12-15)20(26-19(25)22-17)8-10-23(11-9-20)13-18(24)14-4-2-1-3-5-14/h1-7,12H,8-11,13H2,(H,22,25). The van der Waals surface area contributed by atoms with Crippen LogP contribution in [0.5, 0.6) is 0 Å². The van der Waals surface area contributed by atoms with E-state index in [1.807, 2.05) is 42.5 Å². The van der Waals surface area contributed by atoms with Crippen LogP contribution in [0.25, 0.3) is 0 Å². The summed E-state index contributed by atoms with van der Waals surface area (Å²) in [5, 5.41) is 3.35. The van der Waals surface area contributed by atoms with Crippen molar-refractivity contribution in [1.29, 1.82) is 0 Å². The minimum Gasteiger partial charge on any atom is -0.438 e. The molecule has 2 aromatic rings. The number of rotatable bonds is 3. The molecule has 1 spiro atoms. The highest BCUT2D eigenvalue weighted by Gasteiger charge is 2.44. The molecule has 0 atom stereocenters. The van der Waals surface area contributed by atoms with Crippen LogP contribution in [0.3, 0.4) is 0 Å². The molecule has 1 N–H and O–H groups in total. The molecule has 0 aliphatic carbocycles. The number of hydrogen-bond donors (Lipinski definition) is 1. The van der Waals surface area contributed by atoms with Crippen molar-refractivity contribution in [3.63, 3.8) is 0 Å². The number of fused-ring (bicyclic) bond motifs is 2. The molecular formula is C20H19ClN2O3. The molecule has 0 saturated carbocycles. The predicted octanol–water partition coefficient (Wildman–Crippen LogP) is 4.08. The number of benzene rings is 2. The number of nitrogens with zero attached hydrogens (tertiary/aromatic N) is 1. The van der Waals surface area contributed by atoms with E-state index in [1.54, 1.807) is 6.07 Å². The molecule has 6 heteroatoms. The van der Waals surface area contributed by atoms with Gasteiger partial charge in [0.25, 0.3) is 0 Å². The lowest BCUT2D eigenvalue weighted by Crippen LogP contribution is -2.49. The van der Waals surface area contributed by atoms with Crippen molar-refractivity contribution in [3.05, 3.63) is 64.7 Å². The van der Waals surface area contributed by atoms with Gasteiger partial charge in [0.1, 0.15) is 5.60 Å². The molecule has 2 aliphatic heterocycles. The predicted molar refractivity (Wildman–Crippen MR) is 99.7 cm³/mol. The van der Waals surface area contributed by atoms with Crippen LogP contribution in [0.1, 0.15) is 28.8 Å². The SMILES string of the molecule is O=C1Nc2ccc(Cl)cc2C2(CCN(CC(=O)c3ccccc3)CC2)O1. The van der Waals surface area contributed by atoms with Gasteiger partial charge in [-0.15, -0.1) is 0 Å². The van der Waals surface area contributed by atoms with Crippen LogP contribution in [0.2, 0.25) is 5.02 Å². The second-order valence-corrected chi connectivity index (χ2v) is 7.20. The monoisotopic (exact) mass is 370 g/mol. The van der Waals surface area contributed by atoms with Crippen LogP contribution < -0.4 is 5.32 Å². The van der Waals surface area contributed by atoms with Gasteiger partial charge in [-0.3, -0.25) is 15.0 Å². The summed E-state index contributed by atoms with van der Waals surface area (Å²) in [6.07, 6.45) is 0.833. The number of halogens is 1. The Labute approximate surface area is 156 Å². The summed E-state index contributed by atoms with van der Waals surface area (Å²) < 4.78 is 5.71. The van der Waals surface area contributed by atoms with Crippen molar-refractivity contribution in [3.8, 4) is 0 Å². The number of nitrogens with one attached hydrogen (secondary N) is 1. The van der Waals surface area contributed by atoms with Crippen LogP contribution in [0.15, 0.2) is 48.5 Å². The molecule has 134 valence electrons. The summed E-state index contributed by atoms with van der Waals surface area (Å²) >= 11 is 6.16. The number of hydrogen-bond acceptors (Lipinski definition) is 4. The molecule has 1 saturated heterocycles. The van der Waals surface area contributed by atoms with Gasteiger partial charge in [-0.05, 0) is 18.2 Å². The van der Waals surface area contributed by atoms with E-state index in [9.17, 15) is 9.59 Å². The normalized spacial score (nSPS) is 18.7. The van der Waals surface area contributed by atoms with Gasteiger partial charge in [0.05, 0.1) is 12.2 Å². The van der Waals surface area contributed by atoms with Gasteiger partial charge in [-0.1, -0.05) is 41.9 Å². The van der Waals surface area contributed by atoms with E-state index in [4.69, 9.17) is 16.3 Å². The second kappa shape index (κ2) is 6.74. The molecule has 0 bridgehead atoms. The largest absolute Gasteiger partial charge is 0.438 e. The topological polar surface area (TPSA) is 58.6 Å². The quantitative estimate of drug-likeness (QED) is 0.827. The van der Waals surface area contributed by atoms with E-state index in [-0.39, 0.29) is 5.78 Å². The number of anilines is 1. The van der Waals surface area contributed by atoms with Crippen LogP contribution in [0, 0.1) is 0 Å². The molecule has 2 aliphatic rings. The highest BCUT2D eigenvalue weighted by Crippen LogP contribution is 2.44. The Morgan fingerprint density at radius 3 is 2.62 bits per heavy atom. The number of piperidine rings is 1. The number of ether oxygens (including phenoxy) is 1. The molecule has 0 unspecified atom stereocenters. The Kier molecular flexibility index (Phi) is 4.42. The van der Waals surface area contributed by atoms with Gasteiger partial charge in [-0.2, -0.15) is 0 Å². The zero-order valence-corrected chi connectivity index (χ0v) is 15.0. The first kappa shape index (κ1) is 17.1. The molecular weight excluding hydrogens is 352 g/mol. The van der Waals surface area contributed by atoms with Crippen molar-refractivity contribution in [2.45, 2.75) is 18.4 Å². The third-order valence-electron chi connectivity index (χ3n) is 5.12. The number of amides is 1. The van der Waals surface area contributed by atoms with Crippen molar-refractivity contribution in [2.75, 3.05) is 25.0 Å². The first-order valence-corrected chi connectivity index (χ1v) is 9.04. The highest BCUT2D eigenvalue weighted by atomic mass is 35.5. The molecule has 2 heterocycles. The lowest BCUT2D eigenvalue weighted by molar-refractivity contribution is -0.0366. The van der Waals surface area contributed by atoms with Crippen molar-refractivity contribution in [2.24, 2.45) is 0 Å². The van der Waals surface area contributed by atoms with Crippen LogP contribution in [-0.4, -0.2) is 36.4 Å². The van der Waals surface area contributed by atoms with E-state index in [1.165, 1.54) is 0 Å².